The van der Waals surface area contributed by atoms with Crippen molar-refractivity contribution in [1.82, 2.24) is 25.1 Å². The van der Waals surface area contributed by atoms with Crippen molar-refractivity contribution >= 4 is 23.7 Å². The van der Waals surface area contributed by atoms with Crippen molar-refractivity contribution in [3.8, 4) is 0 Å². The van der Waals surface area contributed by atoms with Crippen molar-refractivity contribution in [3.05, 3.63) is 18.1 Å². The lowest BCUT2D eigenvalue weighted by atomic mass is 10.1. The van der Waals surface area contributed by atoms with Gasteiger partial charge in [0.05, 0.1) is 24.1 Å². The molecule has 3 heterocycles. The van der Waals surface area contributed by atoms with Crippen LogP contribution in [0.2, 0.25) is 0 Å². The van der Waals surface area contributed by atoms with E-state index in [-0.39, 0.29) is 18.5 Å². The first-order valence-corrected chi connectivity index (χ1v) is 8.27. The molecule has 25 heavy (non-hydrogen) atoms. The molecule has 1 aromatic rings. The Balaban J connectivity index is 1.75. The molecule has 0 bridgehead atoms. The van der Waals surface area contributed by atoms with Crippen LogP contribution >= 0.6 is 0 Å². The number of hydrogen-bond donors (Lipinski definition) is 2. The monoisotopic (exact) mass is 346 g/mol. The molecule has 3 rings (SSSR count). The molecule has 0 aromatic carbocycles. The molecule has 2 aliphatic heterocycles. The number of amides is 4. The van der Waals surface area contributed by atoms with Crippen molar-refractivity contribution in [1.29, 1.82) is 0 Å². The highest BCUT2D eigenvalue weighted by atomic mass is 16.2. The Morgan fingerprint density at radius 1 is 1.40 bits per heavy atom. The summed E-state index contributed by atoms with van der Waals surface area (Å²) < 4.78 is 0. The van der Waals surface area contributed by atoms with Gasteiger partial charge in [0.2, 0.25) is 5.91 Å². The molecule has 2 fully saturated rings. The van der Waals surface area contributed by atoms with Crippen LogP contribution in [-0.2, 0) is 9.59 Å². The summed E-state index contributed by atoms with van der Waals surface area (Å²) >= 11 is 0. The maximum Gasteiger partial charge on any atom is 0.325 e. The minimum absolute atomic E-state index is 0.193. The number of hydrogen-bond acceptors (Lipinski definition) is 6. The number of aromatic nitrogens is 2. The van der Waals surface area contributed by atoms with Gasteiger partial charge in [0.15, 0.2) is 0 Å². The van der Waals surface area contributed by atoms with Gasteiger partial charge in [-0.2, -0.15) is 0 Å². The molecule has 0 saturated carbocycles. The van der Waals surface area contributed by atoms with Crippen LogP contribution in [0.1, 0.15) is 38.4 Å². The minimum atomic E-state index is -0.978. The second kappa shape index (κ2) is 6.30. The Kier molecular flexibility index (Phi) is 4.32. The predicted octanol–water partition coefficient (Wildman–Crippen LogP) is 0.512. The molecule has 1 atom stereocenters. The average molecular weight is 346 g/mol. The lowest BCUT2D eigenvalue weighted by Gasteiger charge is -2.26. The number of likely N-dealkylation sites (tertiary alicyclic amines) is 1. The van der Waals surface area contributed by atoms with Crippen LogP contribution in [0, 0.1) is 0 Å². The molecule has 2 N–H and O–H groups in total. The molecule has 0 spiro atoms. The van der Waals surface area contributed by atoms with E-state index in [2.05, 4.69) is 20.6 Å². The van der Waals surface area contributed by atoms with E-state index in [9.17, 15) is 14.4 Å². The molecule has 9 heteroatoms. The Bertz CT molecular complexity index is 720. The Labute approximate surface area is 145 Å². The van der Waals surface area contributed by atoms with Gasteiger partial charge in [-0.25, -0.2) is 9.78 Å². The van der Waals surface area contributed by atoms with Crippen LogP contribution in [0.3, 0.4) is 0 Å². The summed E-state index contributed by atoms with van der Waals surface area (Å²) in [6, 6.07) is -0.724. The number of carbonyl (C=O) groups excluding carboxylic acids is 3. The largest absolute Gasteiger partial charge is 0.372 e. The zero-order valence-corrected chi connectivity index (χ0v) is 14.6. The van der Waals surface area contributed by atoms with Crippen LogP contribution in [0.4, 0.5) is 10.6 Å². The highest BCUT2D eigenvalue weighted by molar-refractivity contribution is 6.08. The average Bonchev–Trinajstić information content (AvgIpc) is 3.14. The SMILES string of the molecule is CNc1cncc([C@@H]2CCCN2C(=O)CN2C(=O)NC(C)(C)C2=O)n1. The van der Waals surface area contributed by atoms with E-state index in [1.807, 2.05) is 0 Å². The summed E-state index contributed by atoms with van der Waals surface area (Å²) in [4.78, 5) is 48.2. The van der Waals surface area contributed by atoms with E-state index < -0.39 is 17.5 Å². The summed E-state index contributed by atoms with van der Waals surface area (Å²) in [6.45, 7) is 3.55. The molecule has 2 aliphatic rings. The van der Waals surface area contributed by atoms with Gasteiger partial charge < -0.3 is 15.5 Å². The van der Waals surface area contributed by atoms with E-state index in [4.69, 9.17) is 0 Å². The quantitative estimate of drug-likeness (QED) is 0.769. The number of anilines is 1. The van der Waals surface area contributed by atoms with Gasteiger partial charge in [0, 0.05) is 13.6 Å². The Morgan fingerprint density at radius 3 is 2.80 bits per heavy atom. The highest BCUT2D eigenvalue weighted by Crippen LogP contribution is 2.31. The number of rotatable bonds is 4. The number of nitrogens with zero attached hydrogens (tertiary/aromatic N) is 4. The molecule has 2 saturated heterocycles. The van der Waals surface area contributed by atoms with E-state index in [1.165, 1.54) is 0 Å². The molecule has 4 amide bonds. The molecule has 0 unspecified atom stereocenters. The number of nitrogens with one attached hydrogen (secondary N) is 2. The summed E-state index contributed by atoms with van der Waals surface area (Å²) in [5.41, 5.74) is -0.274. The van der Waals surface area contributed by atoms with Gasteiger partial charge >= 0.3 is 6.03 Å². The third-order valence-corrected chi connectivity index (χ3v) is 4.56. The first-order chi connectivity index (χ1) is 11.8. The summed E-state index contributed by atoms with van der Waals surface area (Å²) in [5.74, 6) is -0.0217. The third kappa shape index (κ3) is 3.13. The molecule has 134 valence electrons. The van der Waals surface area contributed by atoms with Gasteiger partial charge in [-0.3, -0.25) is 19.5 Å². The number of imide groups is 1. The van der Waals surface area contributed by atoms with Crippen molar-refractivity contribution in [2.75, 3.05) is 25.5 Å². The Hall–Kier alpha value is -2.71. The highest BCUT2D eigenvalue weighted by Gasteiger charge is 2.46. The molecule has 9 nitrogen and oxygen atoms in total. The van der Waals surface area contributed by atoms with Gasteiger partial charge in [0.25, 0.3) is 5.91 Å². The van der Waals surface area contributed by atoms with Crippen LogP contribution < -0.4 is 10.6 Å². The normalized spacial score (nSPS) is 22.3. The van der Waals surface area contributed by atoms with Crippen molar-refractivity contribution < 1.29 is 14.4 Å². The second-order valence-electron chi connectivity index (χ2n) is 6.77. The van der Waals surface area contributed by atoms with Gasteiger partial charge in [-0.1, -0.05) is 0 Å². The van der Waals surface area contributed by atoms with Gasteiger partial charge in [-0.15, -0.1) is 0 Å². The van der Waals surface area contributed by atoms with Crippen LogP contribution in [0.25, 0.3) is 0 Å². The number of carbonyl (C=O) groups is 3. The minimum Gasteiger partial charge on any atom is -0.372 e. The summed E-state index contributed by atoms with van der Waals surface area (Å²) in [5, 5.41) is 5.51. The Morgan fingerprint density at radius 2 is 2.16 bits per heavy atom. The first kappa shape index (κ1) is 17.1. The smallest absolute Gasteiger partial charge is 0.325 e. The number of urea groups is 1. The zero-order chi connectivity index (χ0) is 18.2. The molecule has 0 aliphatic carbocycles. The lowest BCUT2D eigenvalue weighted by molar-refractivity contribution is -0.139. The zero-order valence-electron chi connectivity index (χ0n) is 14.6. The van der Waals surface area contributed by atoms with E-state index >= 15 is 0 Å². The van der Waals surface area contributed by atoms with Gasteiger partial charge in [-0.05, 0) is 26.7 Å². The maximum absolute atomic E-state index is 12.7. The van der Waals surface area contributed by atoms with E-state index in [1.54, 1.807) is 38.2 Å². The van der Waals surface area contributed by atoms with E-state index in [0.29, 0.717) is 18.1 Å². The lowest BCUT2D eigenvalue weighted by Crippen LogP contribution is -2.44. The van der Waals surface area contributed by atoms with Crippen molar-refractivity contribution in [2.45, 2.75) is 38.3 Å². The second-order valence-corrected chi connectivity index (χ2v) is 6.77. The van der Waals surface area contributed by atoms with Crippen LogP contribution in [0.15, 0.2) is 12.4 Å². The van der Waals surface area contributed by atoms with Crippen LogP contribution in [0.5, 0.6) is 0 Å². The predicted molar refractivity (Wildman–Crippen MR) is 89.6 cm³/mol. The fourth-order valence-corrected chi connectivity index (χ4v) is 3.22. The molecular weight excluding hydrogens is 324 g/mol. The molecular formula is C16H22N6O3. The fraction of sp³-hybridized carbons (Fsp3) is 0.562. The van der Waals surface area contributed by atoms with Crippen molar-refractivity contribution in [2.24, 2.45) is 0 Å². The molecule has 1 aromatic heterocycles. The van der Waals surface area contributed by atoms with Gasteiger partial charge in [0.1, 0.15) is 17.9 Å². The summed E-state index contributed by atoms with van der Waals surface area (Å²) in [6.07, 6.45) is 4.88. The standard InChI is InChI=1S/C16H22N6O3/c1-16(2)14(24)22(15(25)20-16)9-13(23)21-6-4-5-11(21)10-7-18-8-12(17-3)19-10/h7-8,11H,4-6,9H2,1-3H3,(H,17,19)(H,20,25)/t11-/m0/s1. The van der Waals surface area contributed by atoms with E-state index in [0.717, 1.165) is 17.7 Å². The molecule has 0 radical (unpaired) electrons. The summed E-state index contributed by atoms with van der Waals surface area (Å²) in [7, 11) is 1.75. The first-order valence-electron chi connectivity index (χ1n) is 8.27. The fourth-order valence-electron chi connectivity index (χ4n) is 3.22. The third-order valence-electron chi connectivity index (χ3n) is 4.56. The topological polar surface area (TPSA) is 108 Å². The van der Waals surface area contributed by atoms with Crippen molar-refractivity contribution in [3.63, 3.8) is 0 Å². The van der Waals surface area contributed by atoms with Crippen LogP contribution in [-0.4, -0.2) is 63.3 Å². The maximum atomic E-state index is 12.7.